The van der Waals surface area contributed by atoms with Gasteiger partial charge in [0, 0.05) is 9.79 Å². The van der Waals surface area contributed by atoms with Crippen LogP contribution in [0, 0.1) is 0 Å². The van der Waals surface area contributed by atoms with E-state index < -0.39 is 0 Å². The second kappa shape index (κ2) is 5.47. The number of rotatable bonds is 3. The van der Waals surface area contributed by atoms with E-state index in [1.807, 2.05) is 30.3 Å². The average molecular weight is 266 g/mol. The van der Waals surface area contributed by atoms with Crippen molar-refractivity contribution in [2.45, 2.75) is 16.4 Å². The molecule has 0 unspecified atom stereocenters. The first-order valence-electron chi connectivity index (χ1n) is 6.22. The topological polar surface area (TPSA) is 20.2 Å². The van der Waals surface area contributed by atoms with Gasteiger partial charge in [-0.15, -0.1) is 0 Å². The van der Waals surface area contributed by atoms with E-state index in [0.717, 1.165) is 15.8 Å². The fraction of sp³-hybridized carbons (Fsp3) is 0.0588. The second-order valence-corrected chi connectivity index (χ2v) is 5.52. The summed E-state index contributed by atoms with van der Waals surface area (Å²) in [7, 11) is 0. The van der Waals surface area contributed by atoms with Crippen molar-refractivity contribution in [2.75, 3.05) is 0 Å². The van der Waals surface area contributed by atoms with E-state index in [1.165, 1.54) is 10.3 Å². The second-order valence-electron chi connectivity index (χ2n) is 4.38. The lowest BCUT2D eigenvalue weighted by Crippen LogP contribution is -1.87. The zero-order valence-electron chi connectivity index (χ0n) is 10.4. The minimum absolute atomic E-state index is 0.0731. The maximum Gasteiger partial charge on any atom is 0.0688 e. The Balaban J connectivity index is 2.05. The molecule has 2 heteroatoms. The van der Waals surface area contributed by atoms with E-state index >= 15 is 0 Å². The largest absolute Gasteiger partial charge is 0.392 e. The molecule has 0 aromatic heterocycles. The maximum atomic E-state index is 9.52. The number of aliphatic hydroxyl groups is 1. The first kappa shape index (κ1) is 12.3. The molecule has 0 heterocycles. The van der Waals surface area contributed by atoms with E-state index in [9.17, 15) is 5.11 Å². The summed E-state index contributed by atoms with van der Waals surface area (Å²) in [6, 6.07) is 22.7. The number of hydrogen-bond donors (Lipinski definition) is 1. The van der Waals surface area contributed by atoms with E-state index in [1.54, 1.807) is 11.8 Å². The van der Waals surface area contributed by atoms with Gasteiger partial charge in [-0.2, -0.15) is 0 Å². The Labute approximate surface area is 116 Å². The van der Waals surface area contributed by atoms with Gasteiger partial charge in [-0.05, 0) is 40.6 Å². The van der Waals surface area contributed by atoms with Crippen molar-refractivity contribution in [1.29, 1.82) is 0 Å². The first-order valence-corrected chi connectivity index (χ1v) is 7.04. The minimum Gasteiger partial charge on any atom is -0.392 e. The van der Waals surface area contributed by atoms with Crippen LogP contribution in [-0.2, 0) is 6.61 Å². The van der Waals surface area contributed by atoms with Gasteiger partial charge < -0.3 is 5.11 Å². The molecule has 3 aromatic rings. The third kappa shape index (κ3) is 2.65. The molecule has 1 N–H and O–H groups in total. The van der Waals surface area contributed by atoms with E-state index in [0.29, 0.717) is 0 Å². The molecule has 3 aromatic carbocycles. The Morgan fingerprint density at radius 3 is 2.32 bits per heavy atom. The van der Waals surface area contributed by atoms with Gasteiger partial charge in [-0.3, -0.25) is 0 Å². The summed E-state index contributed by atoms with van der Waals surface area (Å²) >= 11 is 1.72. The minimum atomic E-state index is 0.0731. The first-order chi connectivity index (χ1) is 9.36. The van der Waals surface area contributed by atoms with Gasteiger partial charge in [-0.1, -0.05) is 54.2 Å². The van der Waals surface area contributed by atoms with Crippen molar-refractivity contribution in [1.82, 2.24) is 0 Å². The van der Waals surface area contributed by atoms with Crippen LogP contribution in [0.4, 0.5) is 0 Å². The molecule has 0 saturated carbocycles. The zero-order valence-corrected chi connectivity index (χ0v) is 11.2. The average Bonchev–Trinajstić information content (AvgIpc) is 2.47. The normalized spacial score (nSPS) is 10.8. The van der Waals surface area contributed by atoms with Crippen LogP contribution in [0.3, 0.4) is 0 Å². The van der Waals surface area contributed by atoms with Gasteiger partial charge in [0.15, 0.2) is 0 Å². The van der Waals surface area contributed by atoms with Crippen LogP contribution in [0.15, 0.2) is 76.5 Å². The molecule has 0 saturated heterocycles. The van der Waals surface area contributed by atoms with Crippen molar-refractivity contribution < 1.29 is 5.11 Å². The van der Waals surface area contributed by atoms with E-state index in [4.69, 9.17) is 0 Å². The van der Waals surface area contributed by atoms with Crippen LogP contribution in [0.5, 0.6) is 0 Å². The van der Waals surface area contributed by atoms with Gasteiger partial charge in [0.05, 0.1) is 6.61 Å². The molecule has 0 aliphatic heterocycles. The number of benzene rings is 3. The lowest BCUT2D eigenvalue weighted by molar-refractivity contribution is 0.283. The molecule has 94 valence electrons. The van der Waals surface area contributed by atoms with Crippen LogP contribution >= 0.6 is 11.8 Å². The number of fused-ring (bicyclic) bond motifs is 1. The third-order valence-corrected chi connectivity index (χ3v) is 4.05. The summed E-state index contributed by atoms with van der Waals surface area (Å²) in [6.45, 7) is 0.0731. The quantitative estimate of drug-likeness (QED) is 0.754. The van der Waals surface area contributed by atoms with Crippen molar-refractivity contribution in [3.8, 4) is 0 Å². The van der Waals surface area contributed by atoms with Crippen molar-refractivity contribution in [3.63, 3.8) is 0 Å². The molecule has 19 heavy (non-hydrogen) atoms. The number of aliphatic hydroxyl groups excluding tert-OH is 1. The highest BCUT2D eigenvalue weighted by atomic mass is 32.2. The van der Waals surface area contributed by atoms with E-state index in [-0.39, 0.29) is 6.61 Å². The molecule has 0 atom stereocenters. The molecule has 0 amide bonds. The molecule has 0 aliphatic carbocycles. The molecule has 0 fully saturated rings. The Kier molecular flexibility index (Phi) is 3.53. The summed E-state index contributed by atoms with van der Waals surface area (Å²) < 4.78 is 0. The molecule has 0 radical (unpaired) electrons. The highest BCUT2D eigenvalue weighted by Gasteiger charge is 2.04. The van der Waals surface area contributed by atoms with Gasteiger partial charge in [0.25, 0.3) is 0 Å². The summed E-state index contributed by atoms with van der Waals surface area (Å²) in [6.07, 6.45) is 0. The van der Waals surface area contributed by atoms with Gasteiger partial charge in [-0.25, -0.2) is 0 Å². The van der Waals surface area contributed by atoms with Crippen LogP contribution in [0.25, 0.3) is 10.8 Å². The standard InChI is InChI=1S/C17H14OS/c18-12-14-11-16(19-15-7-2-1-3-8-15)10-13-6-4-5-9-17(13)14/h1-11,18H,12H2. The molecule has 0 spiro atoms. The monoisotopic (exact) mass is 266 g/mol. The van der Waals surface area contributed by atoms with Crippen molar-refractivity contribution in [3.05, 3.63) is 72.3 Å². The summed E-state index contributed by atoms with van der Waals surface area (Å²) in [5.74, 6) is 0. The smallest absolute Gasteiger partial charge is 0.0688 e. The summed E-state index contributed by atoms with van der Waals surface area (Å²) in [5.41, 5.74) is 0.983. The number of hydrogen-bond acceptors (Lipinski definition) is 2. The van der Waals surface area contributed by atoms with Crippen LogP contribution < -0.4 is 0 Å². The molecule has 3 rings (SSSR count). The van der Waals surface area contributed by atoms with Crippen molar-refractivity contribution in [2.24, 2.45) is 0 Å². The van der Waals surface area contributed by atoms with Crippen LogP contribution in [-0.4, -0.2) is 5.11 Å². The molecule has 0 aliphatic rings. The lowest BCUT2D eigenvalue weighted by atomic mass is 10.1. The van der Waals surface area contributed by atoms with E-state index in [2.05, 4.69) is 36.4 Å². The lowest BCUT2D eigenvalue weighted by Gasteiger charge is -2.08. The fourth-order valence-corrected chi connectivity index (χ4v) is 3.13. The predicted molar refractivity (Wildman–Crippen MR) is 80.4 cm³/mol. The fourth-order valence-electron chi connectivity index (χ4n) is 2.17. The van der Waals surface area contributed by atoms with Crippen LogP contribution in [0.2, 0.25) is 0 Å². The predicted octanol–water partition coefficient (Wildman–Crippen LogP) is 4.48. The van der Waals surface area contributed by atoms with Gasteiger partial charge in [0.2, 0.25) is 0 Å². The maximum absolute atomic E-state index is 9.52. The Morgan fingerprint density at radius 2 is 1.53 bits per heavy atom. The molecular weight excluding hydrogens is 252 g/mol. The highest BCUT2D eigenvalue weighted by Crippen LogP contribution is 2.32. The Morgan fingerprint density at radius 1 is 0.789 bits per heavy atom. The van der Waals surface area contributed by atoms with Crippen LogP contribution in [0.1, 0.15) is 5.56 Å². The molecule has 0 bridgehead atoms. The summed E-state index contributed by atoms with van der Waals surface area (Å²) in [5, 5.41) is 11.8. The Bertz CT molecular complexity index is 692. The highest BCUT2D eigenvalue weighted by molar-refractivity contribution is 7.99. The zero-order chi connectivity index (χ0) is 13.1. The van der Waals surface area contributed by atoms with Crippen molar-refractivity contribution >= 4 is 22.5 Å². The Hall–Kier alpha value is -1.77. The van der Waals surface area contributed by atoms with Gasteiger partial charge in [0.1, 0.15) is 0 Å². The molecular formula is C17H14OS. The SMILES string of the molecule is OCc1cc(Sc2ccccc2)cc2ccccc12. The summed E-state index contributed by atoms with van der Waals surface area (Å²) in [4.78, 5) is 2.37. The van der Waals surface area contributed by atoms with Gasteiger partial charge >= 0.3 is 0 Å². The third-order valence-electron chi connectivity index (χ3n) is 3.07. The molecule has 1 nitrogen and oxygen atoms in total.